The summed E-state index contributed by atoms with van der Waals surface area (Å²) in [6, 6.07) is 2.24. The van der Waals surface area contributed by atoms with E-state index >= 15 is 0 Å². The molecule has 1 aromatic heterocycles. The standard InChI is InChI=1S/C23H34O/c1-22-12-4-3-5-17(22)6-7-18-20-9-8-19(16-11-14-24-15-16)23(20,2)13-10-21(18)22/h11,14-15,17-21H,3-10,12-13H2,1-2H3/t17?,18-,19-,20-,21-,22-,23+/m0/s1. The van der Waals surface area contributed by atoms with Crippen molar-refractivity contribution >= 4 is 0 Å². The van der Waals surface area contributed by atoms with Crippen LogP contribution in [0.1, 0.15) is 89.5 Å². The number of hydrogen-bond acceptors (Lipinski definition) is 1. The molecule has 1 unspecified atom stereocenters. The Morgan fingerprint density at radius 1 is 0.875 bits per heavy atom. The van der Waals surface area contributed by atoms with Gasteiger partial charge in [0.25, 0.3) is 0 Å². The molecule has 0 N–H and O–H groups in total. The molecule has 0 amide bonds. The Morgan fingerprint density at radius 2 is 1.75 bits per heavy atom. The number of rotatable bonds is 1. The molecule has 4 aliphatic carbocycles. The summed E-state index contributed by atoms with van der Waals surface area (Å²) in [5, 5.41) is 0. The van der Waals surface area contributed by atoms with Gasteiger partial charge in [0, 0.05) is 0 Å². The molecular weight excluding hydrogens is 292 g/mol. The average molecular weight is 327 g/mol. The van der Waals surface area contributed by atoms with Gasteiger partial charge in [-0.1, -0.05) is 26.7 Å². The molecule has 1 heterocycles. The summed E-state index contributed by atoms with van der Waals surface area (Å²) >= 11 is 0. The molecule has 1 heteroatoms. The molecule has 0 aromatic carbocycles. The molecule has 132 valence electrons. The summed E-state index contributed by atoms with van der Waals surface area (Å²) in [6.07, 6.45) is 18.8. The van der Waals surface area contributed by atoms with Crippen LogP contribution in [0, 0.1) is 34.5 Å². The van der Waals surface area contributed by atoms with Gasteiger partial charge in [0.15, 0.2) is 0 Å². The Balaban J connectivity index is 1.45. The van der Waals surface area contributed by atoms with Crippen LogP contribution in [-0.2, 0) is 0 Å². The lowest BCUT2D eigenvalue weighted by atomic mass is 9.45. The Labute approximate surface area is 147 Å². The monoisotopic (exact) mass is 326 g/mol. The van der Waals surface area contributed by atoms with Crippen molar-refractivity contribution in [1.82, 2.24) is 0 Å². The summed E-state index contributed by atoms with van der Waals surface area (Å²) in [6.45, 7) is 5.33. The molecule has 5 rings (SSSR count). The maximum Gasteiger partial charge on any atom is 0.0937 e. The molecule has 4 fully saturated rings. The van der Waals surface area contributed by atoms with Crippen molar-refractivity contribution in [2.75, 3.05) is 0 Å². The van der Waals surface area contributed by atoms with Gasteiger partial charge < -0.3 is 4.42 Å². The van der Waals surface area contributed by atoms with Crippen molar-refractivity contribution in [1.29, 1.82) is 0 Å². The van der Waals surface area contributed by atoms with Gasteiger partial charge in [-0.2, -0.15) is 0 Å². The topological polar surface area (TPSA) is 13.1 Å². The van der Waals surface area contributed by atoms with Gasteiger partial charge in [-0.05, 0) is 103 Å². The van der Waals surface area contributed by atoms with Crippen molar-refractivity contribution in [2.45, 2.75) is 84.0 Å². The minimum atomic E-state index is 0.531. The van der Waals surface area contributed by atoms with Crippen LogP contribution in [0.25, 0.3) is 0 Å². The van der Waals surface area contributed by atoms with Crippen molar-refractivity contribution in [3.05, 3.63) is 24.2 Å². The molecule has 24 heavy (non-hydrogen) atoms. The predicted octanol–water partition coefficient (Wildman–Crippen LogP) is 6.80. The smallest absolute Gasteiger partial charge is 0.0937 e. The van der Waals surface area contributed by atoms with E-state index in [-0.39, 0.29) is 0 Å². The van der Waals surface area contributed by atoms with Gasteiger partial charge >= 0.3 is 0 Å². The lowest BCUT2D eigenvalue weighted by molar-refractivity contribution is -0.105. The molecule has 0 bridgehead atoms. The van der Waals surface area contributed by atoms with E-state index in [1.54, 1.807) is 0 Å². The Kier molecular flexibility index (Phi) is 3.48. The predicted molar refractivity (Wildman–Crippen MR) is 97.8 cm³/mol. The highest BCUT2D eigenvalue weighted by molar-refractivity contribution is 5.22. The fraction of sp³-hybridized carbons (Fsp3) is 0.826. The Hall–Kier alpha value is -0.720. The van der Waals surface area contributed by atoms with Crippen LogP contribution in [0.15, 0.2) is 23.0 Å². The Morgan fingerprint density at radius 3 is 2.58 bits per heavy atom. The van der Waals surface area contributed by atoms with Crippen molar-refractivity contribution in [3.63, 3.8) is 0 Å². The molecule has 4 aliphatic rings. The highest BCUT2D eigenvalue weighted by atomic mass is 16.3. The first-order chi connectivity index (χ1) is 11.6. The van der Waals surface area contributed by atoms with Crippen LogP contribution in [0.5, 0.6) is 0 Å². The third-order valence-corrected chi connectivity index (χ3v) is 9.53. The molecule has 1 aromatic rings. The first-order valence-electron chi connectivity index (χ1n) is 10.6. The first kappa shape index (κ1) is 15.5. The minimum absolute atomic E-state index is 0.531. The van der Waals surface area contributed by atoms with E-state index in [1.807, 2.05) is 12.5 Å². The lowest BCUT2D eigenvalue weighted by Crippen LogP contribution is -2.52. The van der Waals surface area contributed by atoms with Crippen LogP contribution >= 0.6 is 0 Å². The highest BCUT2D eigenvalue weighted by Gasteiger charge is 2.59. The number of hydrogen-bond donors (Lipinski definition) is 0. The third-order valence-electron chi connectivity index (χ3n) is 9.53. The Bertz CT molecular complexity index is 589. The second kappa shape index (κ2) is 5.39. The fourth-order valence-corrected chi connectivity index (χ4v) is 8.32. The van der Waals surface area contributed by atoms with E-state index in [0.29, 0.717) is 10.8 Å². The van der Waals surface area contributed by atoms with Crippen LogP contribution < -0.4 is 0 Å². The molecule has 4 saturated carbocycles. The zero-order valence-corrected chi connectivity index (χ0v) is 15.6. The van der Waals surface area contributed by atoms with Crippen LogP contribution in [-0.4, -0.2) is 0 Å². The van der Waals surface area contributed by atoms with Crippen LogP contribution in [0.3, 0.4) is 0 Å². The van der Waals surface area contributed by atoms with Gasteiger partial charge in [-0.3, -0.25) is 0 Å². The summed E-state index contributed by atoms with van der Waals surface area (Å²) in [5.74, 6) is 4.80. The zero-order chi connectivity index (χ0) is 16.4. The van der Waals surface area contributed by atoms with E-state index in [0.717, 1.165) is 29.6 Å². The summed E-state index contributed by atoms with van der Waals surface area (Å²) in [7, 11) is 0. The van der Waals surface area contributed by atoms with E-state index < -0.39 is 0 Å². The summed E-state index contributed by atoms with van der Waals surface area (Å²) < 4.78 is 5.44. The summed E-state index contributed by atoms with van der Waals surface area (Å²) in [4.78, 5) is 0. The molecular formula is C23H34O. The molecule has 0 saturated heterocycles. The van der Waals surface area contributed by atoms with Crippen molar-refractivity contribution < 1.29 is 4.42 Å². The van der Waals surface area contributed by atoms with Gasteiger partial charge in [0.05, 0.1) is 12.5 Å². The van der Waals surface area contributed by atoms with E-state index in [2.05, 4.69) is 19.9 Å². The maximum absolute atomic E-state index is 5.44. The second-order valence-corrected chi connectivity index (χ2v) is 10.1. The van der Waals surface area contributed by atoms with Gasteiger partial charge in [0.1, 0.15) is 0 Å². The SMILES string of the molecule is C[C@]12CC[C@H]3[C@@H](CCC4CCCC[C@@]43C)[C@@H]1CC[C@H]2c1ccoc1. The summed E-state index contributed by atoms with van der Waals surface area (Å²) in [5.41, 5.74) is 2.69. The highest BCUT2D eigenvalue weighted by Crippen LogP contribution is 2.68. The lowest BCUT2D eigenvalue weighted by Gasteiger charge is -2.60. The van der Waals surface area contributed by atoms with Crippen LogP contribution in [0.4, 0.5) is 0 Å². The normalized spacial score (nSPS) is 50.8. The fourth-order valence-electron chi connectivity index (χ4n) is 8.32. The molecule has 0 aliphatic heterocycles. The maximum atomic E-state index is 5.44. The largest absolute Gasteiger partial charge is 0.472 e. The quantitative estimate of drug-likeness (QED) is 0.553. The first-order valence-corrected chi connectivity index (χ1v) is 10.6. The number of fused-ring (bicyclic) bond motifs is 5. The van der Waals surface area contributed by atoms with Crippen molar-refractivity contribution in [2.24, 2.45) is 34.5 Å². The van der Waals surface area contributed by atoms with E-state index in [1.165, 1.54) is 69.8 Å². The van der Waals surface area contributed by atoms with Crippen LogP contribution in [0.2, 0.25) is 0 Å². The molecule has 7 atom stereocenters. The molecule has 0 spiro atoms. The van der Waals surface area contributed by atoms with Gasteiger partial charge in [-0.15, -0.1) is 0 Å². The van der Waals surface area contributed by atoms with Gasteiger partial charge in [-0.25, -0.2) is 0 Å². The van der Waals surface area contributed by atoms with Crippen molar-refractivity contribution in [3.8, 4) is 0 Å². The number of furan rings is 1. The van der Waals surface area contributed by atoms with Gasteiger partial charge in [0.2, 0.25) is 0 Å². The minimum Gasteiger partial charge on any atom is -0.472 e. The molecule has 0 radical (unpaired) electrons. The molecule has 1 nitrogen and oxygen atoms in total. The van der Waals surface area contributed by atoms with E-state index in [9.17, 15) is 0 Å². The third kappa shape index (κ3) is 1.99. The van der Waals surface area contributed by atoms with E-state index in [4.69, 9.17) is 4.42 Å². The zero-order valence-electron chi connectivity index (χ0n) is 15.6. The second-order valence-electron chi connectivity index (χ2n) is 10.1. The average Bonchev–Trinajstić information content (AvgIpc) is 3.20.